The Kier molecular flexibility index (Phi) is 5.36. The van der Waals surface area contributed by atoms with Crippen molar-refractivity contribution >= 4 is 21.8 Å². The zero-order valence-corrected chi connectivity index (χ0v) is 16.1. The van der Waals surface area contributed by atoms with Crippen molar-refractivity contribution in [1.82, 2.24) is 9.19 Å². The number of rotatable bonds is 6. The summed E-state index contributed by atoms with van der Waals surface area (Å²) in [5, 5.41) is 3.83. The van der Waals surface area contributed by atoms with Crippen LogP contribution in [0.15, 0.2) is 59.5 Å². The highest BCUT2D eigenvalue weighted by Crippen LogP contribution is 2.22. The Hall–Kier alpha value is -3.33. The summed E-state index contributed by atoms with van der Waals surface area (Å²) >= 11 is 0. The van der Waals surface area contributed by atoms with Gasteiger partial charge in [-0.2, -0.15) is 8.42 Å². The van der Waals surface area contributed by atoms with Crippen molar-refractivity contribution in [3.05, 3.63) is 65.7 Å². The van der Waals surface area contributed by atoms with Gasteiger partial charge in [0.05, 0.1) is 17.1 Å². The number of carbonyl (C=O) groups is 1. The van der Waals surface area contributed by atoms with Gasteiger partial charge in [-0.1, -0.05) is 17.7 Å². The molecule has 0 saturated heterocycles. The Morgan fingerprint density at radius 1 is 1.11 bits per heavy atom. The molecule has 2 aromatic carbocycles. The molecule has 0 amide bonds. The van der Waals surface area contributed by atoms with Crippen molar-refractivity contribution in [3.8, 4) is 11.6 Å². The summed E-state index contributed by atoms with van der Waals surface area (Å²) in [5.41, 5.74) is 6.95. The van der Waals surface area contributed by atoms with E-state index in [9.17, 15) is 13.2 Å². The number of aryl methyl sites for hydroxylation is 1. The maximum Gasteiger partial charge on any atom is 0.344 e. The molecule has 0 spiro atoms. The van der Waals surface area contributed by atoms with Crippen LogP contribution < -0.4 is 15.2 Å². The number of nitrogen functional groups attached to an aromatic ring is 1. The van der Waals surface area contributed by atoms with E-state index >= 15 is 0 Å². The van der Waals surface area contributed by atoms with E-state index in [0.29, 0.717) is 16.4 Å². The van der Waals surface area contributed by atoms with Gasteiger partial charge in [-0.05, 0) is 50.2 Å². The Morgan fingerprint density at radius 3 is 2.36 bits per heavy atom. The number of anilines is 1. The molecule has 146 valence electrons. The van der Waals surface area contributed by atoms with Gasteiger partial charge < -0.3 is 15.2 Å². The van der Waals surface area contributed by atoms with Crippen molar-refractivity contribution in [3.63, 3.8) is 0 Å². The minimum Gasteiger partial charge on any atom is -0.494 e. The molecule has 0 aliphatic heterocycles. The van der Waals surface area contributed by atoms with Gasteiger partial charge in [-0.15, -0.1) is 9.19 Å². The number of hydrogen-bond donors (Lipinski definition) is 1. The number of nitrogens with two attached hydrogens (primary N) is 1. The normalized spacial score (nSPS) is 11.2. The molecular weight excluding hydrogens is 382 g/mol. The molecular formula is C19H19N3O5S. The lowest BCUT2D eigenvalue weighted by Crippen LogP contribution is -2.17. The quantitative estimate of drug-likeness (QED) is 0.632. The second-order valence-corrected chi connectivity index (χ2v) is 7.68. The number of benzene rings is 2. The molecule has 9 heteroatoms. The lowest BCUT2D eigenvalue weighted by Gasteiger charge is -2.06. The number of ether oxygens (including phenoxy) is 2. The molecule has 0 unspecified atom stereocenters. The van der Waals surface area contributed by atoms with Crippen molar-refractivity contribution in [2.45, 2.75) is 18.7 Å². The third kappa shape index (κ3) is 3.99. The Morgan fingerprint density at radius 2 is 1.75 bits per heavy atom. The van der Waals surface area contributed by atoms with Gasteiger partial charge in [0.1, 0.15) is 11.6 Å². The van der Waals surface area contributed by atoms with E-state index in [1.54, 1.807) is 24.3 Å². The molecule has 0 bridgehead atoms. The summed E-state index contributed by atoms with van der Waals surface area (Å²) in [6.45, 7) is 4.21. The minimum absolute atomic E-state index is 0.0253. The molecule has 0 saturated carbocycles. The van der Waals surface area contributed by atoms with E-state index in [1.165, 1.54) is 30.3 Å². The first-order valence-corrected chi connectivity index (χ1v) is 9.88. The van der Waals surface area contributed by atoms with Crippen LogP contribution in [-0.4, -0.2) is 30.2 Å². The number of nitrogens with zero attached hydrogens (tertiary/aromatic N) is 2. The van der Waals surface area contributed by atoms with E-state index in [-0.39, 0.29) is 22.2 Å². The number of esters is 1. The highest BCUT2D eigenvalue weighted by molar-refractivity contribution is 7.90. The average Bonchev–Trinajstić information content (AvgIpc) is 3.04. The third-order valence-corrected chi connectivity index (χ3v) is 5.44. The summed E-state index contributed by atoms with van der Waals surface area (Å²) in [4.78, 5) is 12.3. The van der Waals surface area contributed by atoms with Gasteiger partial charge in [0, 0.05) is 6.07 Å². The molecule has 0 radical (unpaired) electrons. The van der Waals surface area contributed by atoms with Crippen LogP contribution in [0.25, 0.3) is 0 Å². The highest BCUT2D eigenvalue weighted by atomic mass is 32.2. The SMILES string of the molecule is CCOc1ccc(C(=O)Oc2cc(N)n(S(=O)(=O)c3ccc(C)cc3)n2)cc1. The van der Waals surface area contributed by atoms with Gasteiger partial charge in [0.25, 0.3) is 10.0 Å². The molecule has 0 aliphatic carbocycles. The van der Waals surface area contributed by atoms with Crippen LogP contribution >= 0.6 is 0 Å². The first-order chi connectivity index (χ1) is 13.3. The largest absolute Gasteiger partial charge is 0.494 e. The fraction of sp³-hybridized carbons (Fsp3) is 0.158. The summed E-state index contributed by atoms with van der Waals surface area (Å²) in [7, 11) is -4.01. The predicted molar refractivity (Wildman–Crippen MR) is 103 cm³/mol. The summed E-state index contributed by atoms with van der Waals surface area (Å²) in [6.07, 6.45) is 0. The minimum atomic E-state index is -4.01. The molecule has 0 aliphatic rings. The Balaban J connectivity index is 1.82. The standard InChI is InChI=1S/C19H19N3O5S/c1-3-26-15-8-6-14(7-9-15)19(23)27-18-12-17(20)22(21-18)28(24,25)16-10-4-13(2)5-11-16/h4-12H,3,20H2,1-2H3. The Bertz CT molecular complexity index is 1090. The van der Waals surface area contributed by atoms with E-state index in [1.807, 2.05) is 13.8 Å². The summed E-state index contributed by atoms with van der Waals surface area (Å²) in [6, 6.07) is 13.8. The summed E-state index contributed by atoms with van der Waals surface area (Å²) in [5.74, 6) is -0.459. The van der Waals surface area contributed by atoms with Gasteiger partial charge >= 0.3 is 5.97 Å². The van der Waals surface area contributed by atoms with Gasteiger partial charge in [-0.25, -0.2) is 4.79 Å². The van der Waals surface area contributed by atoms with Crippen LogP contribution in [0.4, 0.5) is 5.82 Å². The fourth-order valence-corrected chi connectivity index (χ4v) is 3.62. The molecule has 8 nitrogen and oxygen atoms in total. The van der Waals surface area contributed by atoms with Crippen LogP contribution in [0.1, 0.15) is 22.8 Å². The zero-order valence-electron chi connectivity index (χ0n) is 15.3. The van der Waals surface area contributed by atoms with Crippen molar-refractivity contribution < 1.29 is 22.7 Å². The second-order valence-electron chi connectivity index (χ2n) is 5.92. The van der Waals surface area contributed by atoms with Crippen LogP contribution in [0.3, 0.4) is 0 Å². The van der Waals surface area contributed by atoms with Gasteiger partial charge in [0.2, 0.25) is 5.88 Å². The van der Waals surface area contributed by atoms with Crippen LogP contribution in [0.2, 0.25) is 0 Å². The fourth-order valence-electron chi connectivity index (χ4n) is 2.42. The number of hydrogen-bond acceptors (Lipinski definition) is 7. The summed E-state index contributed by atoms with van der Waals surface area (Å²) < 4.78 is 36.5. The van der Waals surface area contributed by atoms with E-state index in [0.717, 1.165) is 5.56 Å². The first kappa shape index (κ1) is 19.4. The predicted octanol–water partition coefficient (Wildman–Crippen LogP) is 2.63. The van der Waals surface area contributed by atoms with Crippen LogP contribution in [0.5, 0.6) is 11.6 Å². The first-order valence-electron chi connectivity index (χ1n) is 8.44. The van der Waals surface area contributed by atoms with E-state index < -0.39 is 16.0 Å². The molecule has 0 atom stereocenters. The van der Waals surface area contributed by atoms with Gasteiger partial charge in [-0.3, -0.25) is 0 Å². The molecule has 28 heavy (non-hydrogen) atoms. The Labute approximate surface area is 162 Å². The number of carbonyl (C=O) groups excluding carboxylic acids is 1. The lowest BCUT2D eigenvalue weighted by molar-refractivity contribution is 0.0727. The molecule has 1 aromatic heterocycles. The van der Waals surface area contributed by atoms with E-state index in [2.05, 4.69) is 5.10 Å². The van der Waals surface area contributed by atoms with E-state index in [4.69, 9.17) is 15.2 Å². The highest BCUT2D eigenvalue weighted by Gasteiger charge is 2.23. The van der Waals surface area contributed by atoms with Crippen molar-refractivity contribution in [1.29, 1.82) is 0 Å². The average molecular weight is 401 g/mol. The zero-order chi connectivity index (χ0) is 20.3. The smallest absolute Gasteiger partial charge is 0.344 e. The second kappa shape index (κ2) is 7.73. The van der Waals surface area contributed by atoms with Crippen LogP contribution in [-0.2, 0) is 10.0 Å². The maximum absolute atomic E-state index is 12.7. The third-order valence-electron chi connectivity index (χ3n) is 3.83. The lowest BCUT2D eigenvalue weighted by atomic mass is 10.2. The van der Waals surface area contributed by atoms with Crippen molar-refractivity contribution in [2.24, 2.45) is 0 Å². The molecule has 3 aromatic rings. The van der Waals surface area contributed by atoms with Crippen LogP contribution in [0, 0.1) is 6.92 Å². The van der Waals surface area contributed by atoms with Gasteiger partial charge in [0.15, 0.2) is 0 Å². The molecule has 0 fully saturated rings. The molecule has 1 heterocycles. The van der Waals surface area contributed by atoms with Crippen molar-refractivity contribution in [2.75, 3.05) is 12.3 Å². The monoisotopic (exact) mass is 401 g/mol. The maximum atomic E-state index is 12.7. The molecule has 3 rings (SSSR count). The topological polar surface area (TPSA) is 114 Å². The molecule has 2 N–H and O–H groups in total. The number of aromatic nitrogens is 2.